The molecule has 0 saturated carbocycles. The number of phenolic OH excluding ortho intramolecular Hbond substituents is 2. The lowest BCUT2D eigenvalue weighted by molar-refractivity contribution is -0.247. The van der Waals surface area contributed by atoms with E-state index in [-0.39, 0.29) is 59.5 Å². The smallest absolute Gasteiger partial charge is 0.252 e. The highest BCUT2D eigenvalue weighted by Gasteiger charge is 2.53. The van der Waals surface area contributed by atoms with E-state index in [1.807, 2.05) is 6.92 Å². The number of carbonyl (C=O) groups excluding carboxylic acids is 4. The summed E-state index contributed by atoms with van der Waals surface area (Å²) in [7, 11) is 1.34. The van der Waals surface area contributed by atoms with Gasteiger partial charge in [-0.2, -0.15) is 0 Å². The topological polar surface area (TPSA) is 239 Å². The highest BCUT2D eigenvalue weighted by molar-refractivity contribution is 6.31. The minimum absolute atomic E-state index is 0.0533. The molecule has 0 spiro atoms. The van der Waals surface area contributed by atoms with E-state index >= 15 is 0 Å². The summed E-state index contributed by atoms with van der Waals surface area (Å²) in [6, 6.07) is 4.31. The van der Waals surface area contributed by atoms with E-state index in [1.165, 1.54) is 25.3 Å². The normalized spacial score (nSPS) is 26.2. The van der Waals surface area contributed by atoms with Gasteiger partial charge in [0.25, 0.3) is 5.91 Å². The van der Waals surface area contributed by atoms with Crippen molar-refractivity contribution in [2.75, 3.05) is 92.8 Å². The Kier molecular flexibility index (Phi) is 15.9. The van der Waals surface area contributed by atoms with E-state index in [0.29, 0.717) is 78.3 Å². The van der Waals surface area contributed by atoms with Gasteiger partial charge in [-0.1, -0.05) is 26.0 Å². The summed E-state index contributed by atoms with van der Waals surface area (Å²) in [4.78, 5) is 57.0. The molecular weight excluding hydrogens is 838 g/mol. The molecule has 0 radical (unpaired) electrons. The number of methoxy groups -OCH3 is 1. The minimum atomic E-state index is -2.33. The van der Waals surface area contributed by atoms with Crippen LogP contribution >= 0.6 is 0 Å². The average molecular weight is 900 g/mol. The van der Waals surface area contributed by atoms with Crippen LogP contribution in [0.3, 0.4) is 0 Å². The third-order valence-electron chi connectivity index (χ3n) is 12.3. The lowest BCUT2D eigenvalue weighted by atomic mass is 9.72. The molecule has 352 valence electrons. The van der Waals surface area contributed by atoms with Crippen LogP contribution in [0.15, 0.2) is 18.2 Å². The van der Waals surface area contributed by atoms with Crippen molar-refractivity contribution in [3.63, 3.8) is 0 Å². The molecule has 3 aliphatic heterocycles. The zero-order chi connectivity index (χ0) is 45.5. The van der Waals surface area contributed by atoms with E-state index < -0.39 is 89.5 Å². The van der Waals surface area contributed by atoms with Crippen molar-refractivity contribution in [1.29, 1.82) is 0 Å². The molecule has 64 heavy (non-hydrogen) atoms. The molecule has 19 nitrogen and oxygen atoms in total. The first-order valence-corrected chi connectivity index (χ1v) is 22.1. The Morgan fingerprint density at radius 3 is 2.30 bits per heavy atom. The number of aliphatic hydroxyl groups is 1. The number of benzene rings is 2. The fraction of sp³-hybridized carbons (Fsp3) is 0.644. The molecule has 0 bridgehead atoms. The van der Waals surface area contributed by atoms with Crippen LogP contribution in [0.2, 0.25) is 0 Å². The van der Waals surface area contributed by atoms with Crippen LogP contribution in [0.5, 0.6) is 17.2 Å². The van der Waals surface area contributed by atoms with Crippen LogP contribution in [0.25, 0.3) is 0 Å². The lowest BCUT2D eigenvalue weighted by Gasteiger charge is -2.43. The molecule has 0 aromatic heterocycles. The SMILES string of the molecule is COc1cccc2c1C(=O)c1c(O)c3c(c(O)c1C2=O)C[C@@](O)(C(=O)NCC(=O)NCCOCCOCCOCCOCCC(C)C)C[C@@H]3O[C@H]1C[C@H]2[C@H](O[C@@H]3COCCN32)[C@H](C)O1. The summed E-state index contributed by atoms with van der Waals surface area (Å²) < 4.78 is 52.1. The second kappa shape index (κ2) is 21.4. The number of nitrogens with one attached hydrogen (secondary N) is 2. The maximum absolute atomic E-state index is 14.1. The van der Waals surface area contributed by atoms with Gasteiger partial charge in [0.2, 0.25) is 11.7 Å². The van der Waals surface area contributed by atoms with Crippen LogP contribution in [-0.4, -0.2) is 173 Å². The van der Waals surface area contributed by atoms with Gasteiger partial charge in [0.05, 0.1) is 102 Å². The number of ether oxygens (including phenoxy) is 9. The molecule has 5 N–H and O–H groups in total. The Bertz CT molecular complexity index is 2010. The summed E-state index contributed by atoms with van der Waals surface area (Å²) >= 11 is 0. The summed E-state index contributed by atoms with van der Waals surface area (Å²) in [6.07, 6.45) is -3.06. The fourth-order valence-electron chi connectivity index (χ4n) is 9.02. The van der Waals surface area contributed by atoms with Crippen molar-refractivity contribution in [2.45, 2.75) is 88.9 Å². The van der Waals surface area contributed by atoms with E-state index in [9.17, 15) is 34.5 Å². The Morgan fingerprint density at radius 2 is 1.59 bits per heavy atom. The zero-order valence-corrected chi connectivity index (χ0v) is 36.9. The standard InChI is InChI=1S/C45H61N3O16/c1-25(2)8-11-57-14-16-59-18-19-60-17-15-58-12-9-46-32(49)23-47-44(54)45(55)21-28-36(31(22-45)63-34-20-29-43(26(3)62-34)64-33-24-61-13-10-48(29)33)42(53)38-37(40(28)51)39(50)27-6-5-7-30(56-4)35(27)41(38)52/h5-7,25-26,29,31,33-34,43,51,53,55H,8-24H2,1-4H3,(H,46,49)(H,47,54)/t26-,29-,31-,33+,34-,43+,45-/m0/s1. The van der Waals surface area contributed by atoms with Crippen molar-refractivity contribution in [1.82, 2.24) is 15.5 Å². The molecule has 5 aliphatic rings. The number of hydrogen-bond acceptors (Lipinski definition) is 17. The van der Waals surface area contributed by atoms with Gasteiger partial charge >= 0.3 is 0 Å². The van der Waals surface area contributed by atoms with Crippen molar-refractivity contribution < 1.29 is 77.1 Å². The predicted octanol–water partition coefficient (Wildman–Crippen LogP) is 1.52. The number of morpholine rings is 1. The molecule has 3 fully saturated rings. The number of fused-ring (bicyclic) bond motifs is 6. The molecule has 3 heterocycles. The number of phenols is 2. The maximum atomic E-state index is 14.1. The molecule has 19 heteroatoms. The fourth-order valence-corrected chi connectivity index (χ4v) is 9.02. The number of rotatable bonds is 21. The van der Waals surface area contributed by atoms with Gasteiger partial charge in [0.15, 0.2) is 12.1 Å². The van der Waals surface area contributed by atoms with Crippen LogP contribution in [0, 0.1) is 5.92 Å². The second-order valence-corrected chi connectivity index (χ2v) is 17.0. The largest absolute Gasteiger partial charge is 0.507 e. The van der Waals surface area contributed by atoms with Crippen LogP contribution in [-0.2, 0) is 53.9 Å². The molecule has 2 aromatic rings. The predicted molar refractivity (Wildman–Crippen MR) is 224 cm³/mol. The molecule has 3 saturated heterocycles. The third kappa shape index (κ3) is 10.4. The Labute approximate surface area is 371 Å². The van der Waals surface area contributed by atoms with Gasteiger partial charge in [-0.25, -0.2) is 0 Å². The molecule has 2 aliphatic carbocycles. The van der Waals surface area contributed by atoms with Gasteiger partial charge < -0.3 is 68.6 Å². The van der Waals surface area contributed by atoms with E-state index in [4.69, 9.17) is 42.6 Å². The summed E-state index contributed by atoms with van der Waals surface area (Å²) in [6.45, 7) is 10.7. The molecule has 7 atom stereocenters. The molecule has 7 rings (SSSR count). The Morgan fingerprint density at radius 1 is 0.906 bits per heavy atom. The van der Waals surface area contributed by atoms with Gasteiger partial charge in [-0.05, 0) is 25.3 Å². The molecule has 2 aromatic carbocycles. The molecule has 0 unspecified atom stereocenters. The van der Waals surface area contributed by atoms with Gasteiger partial charge in [0, 0.05) is 61.7 Å². The average Bonchev–Trinajstić information content (AvgIpc) is 3.65. The van der Waals surface area contributed by atoms with Gasteiger partial charge in [0.1, 0.15) is 35.2 Å². The monoisotopic (exact) mass is 899 g/mol. The van der Waals surface area contributed by atoms with Gasteiger partial charge in [-0.15, -0.1) is 0 Å². The molecule has 2 amide bonds. The highest BCUT2D eigenvalue weighted by atomic mass is 16.7. The summed E-state index contributed by atoms with van der Waals surface area (Å²) in [5.74, 6) is -3.68. The first-order chi connectivity index (χ1) is 30.8. The highest BCUT2D eigenvalue weighted by Crippen LogP contribution is 2.53. The maximum Gasteiger partial charge on any atom is 0.252 e. The van der Waals surface area contributed by atoms with Crippen molar-refractivity contribution in [3.05, 3.63) is 51.6 Å². The minimum Gasteiger partial charge on any atom is -0.507 e. The second-order valence-electron chi connectivity index (χ2n) is 17.0. The third-order valence-corrected chi connectivity index (χ3v) is 12.3. The number of carbonyl (C=O) groups is 4. The number of hydrogen-bond donors (Lipinski definition) is 5. The van der Waals surface area contributed by atoms with Crippen LogP contribution in [0.1, 0.15) is 89.1 Å². The number of aromatic hydroxyl groups is 2. The quantitative estimate of drug-likeness (QED) is 0.0753. The van der Waals surface area contributed by atoms with E-state index in [2.05, 4.69) is 29.4 Å². The number of nitrogens with zero attached hydrogens (tertiary/aromatic N) is 1. The first kappa shape index (κ1) is 47.7. The van der Waals surface area contributed by atoms with Crippen molar-refractivity contribution in [3.8, 4) is 17.2 Å². The van der Waals surface area contributed by atoms with Crippen molar-refractivity contribution >= 4 is 23.4 Å². The molecular formula is C45H61N3O16. The van der Waals surface area contributed by atoms with Crippen LogP contribution in [0.4, 0.5) is 0 Å². The summed E-state index contributed by atoms with van der Waals surface area (Å²) in [5.41, 5.74) is -3.64. The van der Waals surface area contributed by atoms with E-state index in [1.54, 1.807) is 0 Å². The first-order valence-electron chi connectivity index (χ1n) is 22.1. The Balaban J connectivity index is 0.983. The lowest BCUT2D eigenvalue weighted by Crippen LogP contribution is -2.55. The number of ketones is 2. The van der Waals surface area contributed by atoms with Crippen molar-refractivity contribution in [2.24, 2.45) is 5.92 Å². The number of amides is 2. The van der Waals surface area contributed by atoms with Gasteiger partial charge in [-0.3, -0.25) is 24.1 Å². The van der Waals surface area contributed by atoms with E-state index in [0.717, 1.165) is 6.42 Å². The zero-order valence-electron chi connectivity index (χ0n) is 36.9. The Hall–Kier alpha value is -4.28. The van der Waals surface area contributed by atoms with Crippen LogP contribution < -0.4 is 15.4 Å². The summed E-state index contributed by atoms with van der Waals surface area (Å²) in [5, 5.41) is 41.2.